The van der Waals surface area contributed by atoms with Crippen molar-refractivity contribution in [3.8, 4) is 0 Å². The fourth-order valence-corrected chi connectivity index (χ4v) is 1.90. The second-order valence-corrected chi connectivity index (χ2v) is 4.74. The third-order valence-corrected chi connectivity index (χ3v) is 3.05. The highest BCUT2D eigenvalue weighted by Gasteiger charge is 2.23. The second-order valence-electron chi connectivity index (χ2n) is 3.50. The average molecular weight is 317 g/mol. The molecule has 0 spiro atoms. The van der Waals surface area contributed by atoms with Gasteiger partial charge in [0.05, 0.1) is 0 Å². The summed E-state index contributed by atoms with van der Waals surface area (Å²) in [6.07, 6.45) is 1.55. The lowest BCUT2D eigenvalue weighted by Gasteiger charge is -2.10. The molecule has 0 saturated carbocycles. The van der Waals surface area contributed by atoms with Gasteiger partial charge in [-0.05, 0) is 59.7 Å². The zero-order valence-electron chi connectivity index (χ0n) is 8.20. The van der Waals surface area contributed by atoms with Gasteiger partial charge in [-0.1, -0.05) is 0 Å². The van der Waals surface area contributed by atoms with Crippen molar-refractivity contribution in [3.63, 3.8) is 0 Å². The highest BCUT2D eigenvalue weighted by Crippen LogP contribution is 2.16. The van der Waals surface area contributed by atoms with Crippen molar-refractivity contribution in [2.45, 2.75) is 18.9 Å². The lowest BCUT2D eigenvalue weighted by molar-refractivity contribution is -0.124. The highest BCUT2D eigenvalue weighted by molar-refractivity contribution is 14.1. The Morgan fingerprint density at radius 2 is 2.13 bits per heavy atom. The van der Waals surface area contributed by atoms with E-state index in [0.29, 0.717) is 6.61 Å². The number of hydrogen-bond acceptors (Lipinski definition) is 2. The fourth-order valence-electron chi connectivity index (χ4n) is 1.54. The first-order valence-electron chi connectivity index (χ1n) is 4.94. The zero-order chi connectivity index (χ0) is 10.7. The van der Waals surface area contributed by atoms with Gasteiger partial charge in [0.25, 0.3) is 5.91 Å². The summed E-state index contributed by atoms with van der Waals surface area (Å²) in [4.78, 5) is 11.7. The number of hydrogen-bond donors (Lipinski definition) is 1. The Bertz CT molecular complexity index is 344. The Labute approximate surface area is 102 Å². The first-order valence-corrected chi connectivity index (χ1v) is 6.01. The monoisotopic (exact) mass is 317 g/mol. The molecule has 1 N–H and O–H groups in total. The number of benzene rings is 1. The van der Waals surface area contributed by atoms with Gasteiger partial charge in [0.1, 0.15) is 6.10 Å². The van der Waals surface area contributed by atoms with E-state index in [1.165, 1.54) is 0 Å². The van der Waals surface area contributed by atoms with Crippen LogP contribution in [0.15, 0.2) is 24.3 Å². The summed E-state index contributed by atoms with van der Waals surface area (Å²) in [5.41, 5.74) is 0.830. The van der Waals surface area contributed by atoms with Crippen LogP contribution in [0.4, 0.5) is 5.69 Å². The van der Waals surface area contributed by atoms with E-state index in [9.17, 15) is 4.79 Å². The Balaban J connectivity index is 1.96. The summed E-state index contributed by atoms with van der Waals surface area (Å²) in [6, 6.07) is 7.72. The molecule has 1 heterocycles. The Morgan fingerprint density at radius 1 is 1.40 bits per heavy atom. The number of amides is 1. The summed E-state index contributed by atoms with van der Waals surface area (Å²) in [6.45, 7) is 0.699. The number of halogens is 1. The number of anilines is 1. The molecular weight excluding hydrogens is 305 g/mol. The number of carbonyl (C=O) groups is 1. The van der Waals surface area contributed by atoms with Gasteiger partial charge in [0.2, 0.25) is 0 Å². The standard InChI is InChI=1S/C11H12INO2/c12-8-3-5-9(6-4-8)13-11(14)10-2-1-7-15-10/h3-6,10H,1-2,7H2,(H,13,14)/t10-/m0/s1. The molecule has 0 aliphatic carbocycles. The molecule has 1 amide bonds. The van der Waals surface area contributed by atoms with E-state index >= 15 is 0 Å². The van der Waals surface area contributed by atoms with Gasteiger partial charge in [-0.2, -0.15) is 0 Å². The summed E-state index contributed by atoms with van der Waals surface area (Å²) < 4.78 is 6.45. The molecule has 1 aromatic carbocycles. The summed E-state index contributed by atoms with van der Waals surface area (Å²) in [5, 5.41) is 2.84. The van der Waals surface area contributed by atoms with Crippen LogP contribution in [0.25, 0.3) is 0 Å². The molecule has 1 aromatic rings. The van der Waals surface area contributed by atoms with Crippen molar-refractivity contribution >= 4 is 34.2 Å². The van der Waals surface area contributed by atoms with Gasteiger partial charge in [0, 0.05) is 15.9 Å². The average Bonchev–Trinajstić information content (AvgIpc) is 2.74. The Hall–Kier alpha value is -0.620. The lowest BCUT2D eigenvalue weighted by atomic mass is 10.2. The number of carbonyl (C=O) groups excluding carboxylic acids is 1. The topological polar surface area (TPSA) is 38.3 Å². The predicted molar refractivity (Wildman–Crippen MR) is 66.8 cm³/mol. The van der Waals surface area contributed by atoms with Crippen molar-refractivity contribution in [3.05, 3.63) is 27.8 Å². The van der Waals surface area contributed by atoms with Gasteiger partial charge in [0.15, 0.2) is 0 Å². The first kappa shape index (κ1) is 10.9. The van der Waals surface area contributed by atoms with Gasteiger partial charge >= 0.3 is 0 Å². The summed E-state index contributed by atoms with van der Waals surface area (Å²) in [5.74, 6) is -0.0336. The Kier molecular flexibility index (Phi) is 3.58. The smallest absolute Gasteiger partial charge is 0.253 e. The van der Waals surface area contributed by atoms with E-state index in [1.807, 2.05) is 24.3 Å². The van der Waals surface area contributed by atoms with Crippen LogP contribution in [-0.4, -0.2) is 18.6 Å². The minimum atomic E-state index is -0.260. The normalized spacial score (nSPS) is 20.2. The van der Waals surface area contributed by atoms with Gasteiger partial charge in [-0.25, -0.2) is 0 Å². The summed E-state index contributed by atoms with van der Waals surface area (Å²) >= 11 is 2.23. The van der Waals surface area contributed by atoms with E-state index in [2.05, 4.69) is 27.9 Å². The molecule has 0 radical (unpaired) electrons. The third kappa shape index (κ3) is 2.92. The van der Waals surface area contributed by atoms with Crippen LogP contribution in [0.5, 0.6) is 0 Å². The van der Waals surface area contributed by atoms with Crippen molar-refractivity contribution in [1.82, 2.24) is 0 Å². The molecule has 80 valence electrons. The molecule has 1 saturated heterocycles. The van der Waals surface area contributed by atoms with Crippen molar-refractivity contribution in [2.24, 2.45) is 0 Å². The molecule has 15 heavy (non-hydrogen) atoms. The molecule has 3 nitrogen and oxygen atoms in total. The van der Waals surface area contributed by atoms with Gasteiger partial charge in [-0.15, -0.1) is 0 Å². The van der Waals surface area contributed by atoms with E-state index in [-0.39, 0.29) is 12.0 Å². The van der Waals surface area contributed by atoms with E-state index in [0.717, 1.165) is 22.1 Å². The van der Waals surface area contributed by atoms with Gasteiger partial charge < -0.3 is 10.1 Å². The lowest BCUT2D eigenvalue weighted by Crippen LogP contribution is -2.26. The number of ether oxygens (including phenoxy) is 1. The quantitative estimate of drug-likeness (QED) is 0.851. The van der Waals surface area contributed by atoms with Crippen molar-refractivity contribution in [1.29, 1.82) is 0 Å². The van der Waals surface area contributed by atoms with Crippen LogP contribution in [0.1, 0.15) is 12.8 Å². The maximum atomic E-state index is 11.7. The minimum Gasteiger partial charge on any atom is -0.368 e. The maximum absolute atomic E-state index is 11.7. The van der Waals surface area contributed by atoms with Crippen molar-refractivity contribution < 1.29 is 9.53 Å². The molecule has 2 rings (SSSR count). The molecular formula is C11H12INO2. The molecule has 0 unspecified atom stereocenters. The van der Waals surface area contributed by atoms with E-state index in [4.69, 9.17) is 4.74 Å². The zero-order valence-corrected chi connectivity index (χ0v) is 10.4. The first-order chi connectivity index (χ1) is 7.25. The summed E-state index contributed by atoms with van der Waals surface area (Å²) in [7, 11) is 0. The number of rotatable bonds is 2. The maximum Gasteiger partial charge on any atom is 0.253 e. The largest absolute Gasteiger partial charge is 0.368 e. The van der Waals surface area contributed by atoms with Gasteiger partial charge in [-0.3, -0.25) is 4.79 Å². The number of nitrogens with one attached hydrogen (secondary N) is 1. The molecule has 0 aromatic heterocycles. The Morgan fingerprint density at radius 3 is 2.73 bits per heavy atom. The van der Waals surface area contributed by atoms with Crippen molar-refractivity contribution in [2.75, 3.05) is 11.9 Å². The second kappa shape index (κ2) is 4.94. The highest BCUT2D eigenvalue weighted by atomic mass is 127. The predicted octanol–water partition coefficient (Wildman–Crippen LogP) is 2.41. The minimum absolute atomic E-state index is 0.0336. The molecule has 1 aliphatic rings. The molecule has 4 heteroatoms. The van der Waals surface area contributed by atoms with Crippen LogP contribution in [0, 0.1) is 3.57 Å². The SMILES string of the molecule is O=C(Nc1ccc(I)cc1)[C@@H]1CCCO1. The molecule has 1 aliphatic heterocycles. The van der Waals surface area contributed by atoms with Crippen LogP contribution in [0.2, 0.25) is 0 Å². The van der Waals surface area contributed by atoms with Crippen LogP contribution < -0.4 is 5.32 Å². The molecule has 1 atom stereocenters. The van der Waals surface area contributed by atoms with Crippen LogP contribution >= 0.6 is 22.6 Å². The van der Waals surface area contributed by atoms with E-state index in [1.54, 1.807) is 0 Å². The molecule has 0 bridgehead atoms. The fraction of sp³-hybridized carbons (Fsp3) is 0.364. The van der Waals surface area contributed by atoms with Crippen LogP contribution in [0.3, 0.4) is 0 Å². The van der Waals surface area contributed by atoms with E-state index < -0.39 is 0 Å². The molecule has 1 fully saturated rings. The third-order valence-electron chi connectivity index (χ3n) is 2.33. The van der Waals surface area contributed by atoms with Crippen LogP contribution in [-0.2, 0) is 9.53 Å².